The molecule has 0 saturated carbocycles. The number of carbonyl (C=O) groups is 1. The summed E-state index contributed by atoms with van der Waals surface area (Å²) < 4.78 is 5.29. The van der Waals surface area contributed by atoms with Gasteiger partial charge in [-0.1, -0.05) is 30.3 Å². The molecule has 1 aliphatic rings. The van der Waals surface area contributed by atoms with Crippen molar-refractivity contribution in [3.8, 4) is 6.07 Å². The van der Waals surface area contributed by atoms with Gasteiger partial charge in [-0.3, -0.25) is 9.69 Å². The van der Waals surface area contributed by atoms with Gasteiger partial charge in [0.25, 0.3) is 0 Å². The first-order chi connectivity index (χ1) is 8.71. The van der Waals surface area contributed by atoms with Crippen molar-refractivity contribution in [1.29, 1.82) is 5.26 Å². The van der Waals surface area contributed by atoms with Crippen LogP contribution in [0.1, 0.15) is 12.5 Å². The van der Waals surface area contributed by atoms with E-state index in [1.54, 1.807) is 0 Å². The zero-order chi connectivity index (χ0) is 13.0. The maximum absolute atomic E-state index is 12.1. The van der Waals surface area contributed by atoms with Crippen LogP contribution in [-0.2, 0) is 15.1 Å². The molecule has 1 saturated heterocycles. The van der Waals surface area contributed by atoms with E-state index in [4.69, 9.17) is 4.74 Å². The minimum absolute atomic E-state index is 0.141. The zero-order valence-electron chi connectivity index (χ0n) is 10.4. The molecule has 1 unspecified atom stereocenters. The summed E-state index contributed by atoms with van der Waals surface area (Å²) in [5.41, 5.74) is -0.438. The van der Waals surface area contributed by atoms with Crippen LogP contribution in [0.3, 0.4) is 0 Å². The number of nitriles is 1. The van der Waals surface area contributed by atoms with Gasteiger partial charge in [-0.25, -0.2) is 0 Å². The number of ketones is 1. The minimum Gasteiger partial charge on any atom is -0.379 e. The molecular formula is C14H16N2O2. The smallest absolute Gasteiger partial charge is 0.193 e. The Hall–Kier alpha value is -1.70. The molecule has 4 nitrogen and oxygen atoms in total. The van der Waals surface area contributed by atoms with Crippen molar-refractivity contribution in [1.82, 2.24) is 4.90 Å². The highest BCUT2D eigenvalue weighted by molar-refractivity contribution is 5.90. The first-order valence-corrected chi connectivity index (χ1v) is 6.02. The summed E-state index contributed by atoms with van der Waals surface area (Å²) in [5, 5.41) is 9.60. The second-order valence-electron chi connectivity index (χ2n) is 4.34. The highest BCUT2D eigenvalue weighted by atomic mass is 16.5. The fraction of sp³-hybridized carbons (Fsp3) is 0.429. The third kappa shape index (κ3) is 2.03. The predicted octanol–water partition coefficient (Wildman–Crippen LogP) is 1.33. The Morgan fingerprint density at radius 3 is 2.44 bits per heavy atom. The van der Waals surface area contributed by atoms with E-state index in [-0.39, 0.29) is 5.78 Å². The largest absolute Gasteiger partial charge is 0.379 e. The van der Waals surface area contributed by atoms with Gasteiger partial charge in [0.05, 0.1) is 19.3 Å². The molecule has 0 spiro atoms. The van der Waals surface area contributed by atoms with Crippen molar-refractivity contribution >= 4 is 5.78 Å². The quantitative estimate of drug-likeness (QED) is 0.805. The van der Waals surface area contributed by atoms with Gasteiger partial charge in [-0.05, 0) is 12.5 Å². The molecule has 0 radical (unpaired) electrons. The highest BCUT2D eigenvalue weighted by Gasteiger charge is 2.44. The fourth-order valence-corrected chi connectivity index (χ4v) is 2.40. The second kappa shape index (κ2) is 5.30. The van der Waals surface area contributed by atoms with Crippen molar-refractivity contribution in [3.63, 3.8) is 0 Å². The van der Waals surface area contributed by atoms with Crippen LogP contribution in [-0.4, -0.2) is 37.0 Å². The van der Waals surface area contributed by atoms with Gasteiger partial charge in [0, 0.05) is 13.1 Å². The molecule has 1 aliphatic heterocycles. The molecule has 0 bridgehead atoms. The van der Waals surface area contributed by atoms with E-state index in [1.807, 2.05) is 35.2 Å². The van der Waals surface area contributed by atoms with Crippen LogP contribution in [0.4, 0.5) is 0 Å². The van der Waals surface area contributed by atoms with Gasteiger partial charge in [0.15, 0.2) is 11.3 Å². The molecule has 0 aromatic heterocycles. The Bertz CT molecular complexity index is 460. The van der Waals surface area contributed by atoms with Gasteiger partial charge >= 0.3 is 0 Å². The van der Waals surface area contributed by atoms with Gasteiger partial charge in [0.2, 0.25) is 0 Å². The normalized spacial score (nSPS) is 19.8. The average Bonchev–Trinajstić information content (AvgIpc) is 2.42. The average molecular weight is 244 g/mol. The topological polar surface area (TPSA) is 53.3 Å². The van der Waals surface area contributed by atoms with Crippen LogP contribution in [0.15, 0.2) is 30.3 Å². The molecule has 0 aliphatic carbocycles. The van der Waals surface area contributed by atoms with E-state index in [2.05, 4.69) is 6.07 Å². The standard InChI is InChI=1S/C14H16N2O2/c1-12(17)14(11-15,13-5-3-2-4-6-13)16-7-9-18-10-8-16/h2-6H,7-10H2,1H3. The number of hydrogen-bond donors (Lipinski definition) is 0. The molecule has 1 aromatic rings. The monoisotopic (exact) mass is 244 g/mol. The molecule has 1 aromatic carbocycles. The van der Waals surface area contributed by atoms with Crippen molar-refractivity contribution in [2.45, 2.75) is 12.5 Å². The lowest BCUT2D eigenvalue weighted by Crippen LogP contribution is -2.54. The van der Waals surface area contributed by atoms with Gasteiger partial charge < -0.3 is 4.74 Å². The summed E-state index contributed by atoms with van der Waals surface area (Å²) >= 11 is 0. The first kappa shape index (κ1) is 12.7. The Labute approximate surface area is 107 Å². The van der Waals surface area contributed by atoms with Gasteiger partial charge in [-0.2, -0.15) is 5.26 Å². The number of hydrogen-bond acceptors (Lipinski definition) is 4. The minimum atomic E-state index is -1.18. The lowest BCUT2D eigenvalue weighted by Gasteiger charge is -2.39. The van der Waals surface area contributed by atoms with Crippen LogP contribution >= 0.6 is 0 Å². The highest BCUT2D eigenvalue weighted by Crippen LogP contribution is 2.29. The van der Waals surface area contributed by atoms with Crippen LogP contribution in [0, 0.1) is 11.3 Å². The molecule has 18 heavy (non-hydrogen) atoms. The number of Topliss-reactive ketones (excluding diaryl/α,β-unsaturated/α-hetero) is 1. The molecule has 1 fully saturated rings. The van der Waals surface area contributed by atoms with Gasteiger partial charge in [0.1, 0.15) is 0 Å². The molecule has 1 atom stereocenters. The van der Waals surface area contributed by atoms with E-state index < -0.39 is 5.54 Å². The summed E-state index contributed by atoms with van der Waals surface area (Å²) in [6, 6.07) is 11.5. The van der Waals surface area contributed by atoms with E-state index >= 15 is 0 Å². The van der Waals surface area contributed by atoms with Crippen LogP contribution in [0.5, 0.6) is 0 Å². The number of benzene rings is 1. The number of ether oxygens (including phenoxy) is 1. The number of carbonyl (C=O) groups excluding carboxylic acids is 1. The van der Waals surface area contributed by atoms with E-state index in [9.17, 15) is 10.1 Å². The van der Waals surface area contributed by atoms with E-state index in [0.717, 1.165) is 5.56 Å². The lowest BCUT2D eigenvalue weighted by molar-refractivity contribution is -0.129. The second-order valence-corrected chi connectivity index (χ2v) is 4.34. The van der Waals surface area contributed by atoms with Crippen molar-refractivity contribution in [3.05, 3.63) is 35.9 Å². The third-order valence-electron chi connectivity index (χ3n) is 3.35. The summed E-state index contributed by atoms with van der Waals surface area (Å²) in [7, 11) is 0. The molecule has 4 heteroatoms. The zero-order valence-corrected chi connectivity index (χ0v) is 10.4. The SMILES string of the molecule is CC(=O)C(C#N)(c1ccccc1)N1CCOCC1. The van der Waals surface area contributed by atoms with Crippen molar-refractivity contribution in [2.75, 3.05) is 26.3 Å². The lowest BCUT2D eigenvalue weighted by atomic mass is 9.85. The Morgan fingerprint density at radius 1 is 1.33 bits per heavy atom. The van der Waals surface area contributed by atoms with Crippen LogP contribution in [0.25, 0.3) is 0 Å². The maximum Gasteiger partial charge on any atom is 0.193 e. The summed E-state index contributed by atoms with van der Waals surface area (Å²) in [4.78, 5) is 14.0. The van der Waals surface area contributed by atoms with Crippen molar-refractivity contribution in [2.24, 2.45) is 0 Å². The fourth-order valence-electron chi connectivity index (χ4n) is 2.40. The summed E-state index contributed by atoms with van der Waals surface area (Å²) in [6.07, 6.45) is 0. The number of nitrogens with zero attached hydrogens (tertiary/aromatic N) is 2. The number of rotatable bonds is 3. The molecular weight excluding hydrogens is 228 g/mol. The van der Waals surface area contributed by atoms with Crippen molar-refractivity contribution < 1.29 is 9.53 Å². The molecule has 94 valence electrons. The first-order valence-electron chi connectivity index (χ1n) is 6.02. The van der Waals surface area contributed by atoms with Crippen LogP contribution in [0.2, 0.25) is 0 Å². The Kier molecular flexibility index (Phi) is 3.75. The molecule has 0 amide bonds. The Morgan fingerprint density at radius 2 is 1.94 bits per heavy atom. The third-order valence-corrected chi connectivity index (χ3v) is 3.35. The summed E-state index contributed by atoms with van der Waals surface area (Å²) in [5.74, 6) is -0.141. The van der Waals surface area contributed by atoms with Gasteiger partial charge in [-0.15, -0.1) is 0 Å². The molecule has 1 heterocycles. The van der Waals surface area contributed by atoms with Crippen LogP contribution < -0.4 is 0 Å². The number of morpholine rings is 1. The molecule has 0 N–H and O–H groups in total. The molecule has 2 rings (SSSR count). The van der Waals surface area contributed by atoms with E-state index in [1.165, 1.54) is 6.92 Å². The Balaban J connectivity index is 2.46. The van der Waals surface area contributed by atoms with E-state index in [0.29, 0.717) is 26.3 Å². The summed E-state index contributed by atoms with van der Waals surface area (Å²) in [6.45, 7) is 3.79. The predicted molar refractivity (Wildman–Crippen MR) is 66.8 cm³/mol. The maximum atomic E-state index is 12.1.